The fraction of sp³-hybridized carbons (Fsp3) is 0.600. The van der Waals surface area contributed by atoms with Crippen LogP contribution in [0, 0.1) is 0 Å². The normalized spacial score (nSPS) is 20.3. The van der Waals surface area contributed by atoms with E-state index in [2.05, 4.69) is 39.4 Å². The van der Waals surface area contributed by atoms with Gasteiger partial charge in [-0.25, -0.2) is 0 Å². The van der Waals surface area contributed by atoms with Crippen molar-refractivity contribution < 1.29 is 13.9 Å². The number of rotatable bonds is 7. The number of aromatic nitrogens is 2. The molecule has 26 heavy (non-hydrogen) atoms. The van der Waals surface area contributed by atoms with Crippen LogP contribution in [-0.2, 0) is 10.2 Å². The third-order valence-corrected chi connectivity index (χ3v) is 5.61. The second kappa shape index (κ2) is 8.18. The molecule has 6 nitrogen and oxygen atoms in total. The van der Waals surface area contributed by atoms with Gasteiger partial charge in [0.25, 0.3) is 0 Å². The van der Waals surface area contributed by atoms with Gasteiger partial charge in [0.05, 0.1) is 12.0 Å². The first-order valence-electron chi connectivity index (χ1n) is 9.67. The Balaban J connectivity index is 1.38. The molecule has 3 heterocycles. The van der Waals surface area contributed by atoms with Crippen LogP contribution in [0.5, 0.6) is 5.75 Å². The van der Waals surface area contributed by atoms with Crippen LogP contribution in [0.4, 0.5) is 0 Å². The molecule has 0 amide bonds. The van der Waals surface area contributed by atoms with Crippen molar-refractivity contribution in [1.82, 2.24) is 15.1 Å². The zero-order valence-corrected chi connectivity index (χ0v) is 15.2. The highest BCUT2D eigenvalue weighted by Gasteiger charge is 2.40. The lowest BCUT2D eigenvalue weighted by Crippen LogP contribution is -2.35. The van der Waals surface area contributed by atoms with Gasteiger partial charge in [-0.05, 0) is 62.9 Å². The SMILES string of the molecule is c1nnc(C2(c3ccc(OCCCN4CCCC4)cc3)CCOCC2)o1. The van der Waals surface area contributed by atoms with Crippen molar-refractivity contribution in [2.24, 2.45) is 0 Å². The van der Waals surface area contributed by atoms with E-state index in [1.54, 1.807) is 0 Å². The standard InChI is InChI=1S/C20H27N3O3/c1-2-11-23(10-1)12-3-13-25-18-6-4-17(5-7-18)20(8-14-24-15-9-20)19-22-21-16-26-19/h4-7,16H,1-3,8-15H2. The highest BCUT2D eigenvalue weighted by Crippen LogP contribution is 2.40. The third-order valence-electron chi connectivity index (χ3n) is 5.61. The largest absolute Gasteiger partial charge is 0.494 e. The topological polar surface area (TPSA) is 60.6 Å². The number of benzene rings is 1. The number of likely N-dealkylation sites (tertiary alicyclic amines) is 1. The lowest BCUT2D eigenvalue weighted by Gasteiger charge is -2.34. The smallest absolute Gasteiger partial charge is 0.226 e. The Labute approximate surface area is 154 Å². The van der Waals surface area contributed by atoms with Gasteiger partial charge in [-0.2, -0.15) is 0 Å². The van der Waals surface area contributed by atoms with E-state index in [4.69, 9.17) is 13.9 Å². The summed E-state index contributed by atoms with van der Waals surface area (Å²) in [5.41, 5.74) is 0.942. The molecule has 0 unspecified atom stereocenters. The minimum atomic E-state index is -0.247. The van der Waals surface area contributed by atoms with Gasteiger partial charge in [-0.15, -0.1) is 10.2 Å². The second-order valence-corrected chi connectivity index (χ2v) is 7.21. The van der Waals surface area contributed by atoms with Gasteiger partial charge in [0.15, 0.2) is 0 Å². The molecule has 0 aliphatic carbocycles. The minimum Gasteiger partial charge on any atom is -0.494 e. The molecule has 2 aromatic rings. The van der Waals surface area contributed by atoms with Crippen molar-refractivity contribution in [3.05, 3.63) is 42.1 Å². The van der Waals surface area contributed by atoms with Gasteiger partial charge < -0.3 is 18.8 Å². The van der Waals surface area contributed by atoms with E-state index in [-0.39, 0.29) is 5.41 Å². The lowest BCUT2D eigenvalue weighted by molar-refractivity contribution is 0.0544. The fourth-order valence-electron chi connectivity index (χ4n) is 4.08. The predicted molar refractivity (Wildman–Crippen MR) is 97.4 cm³/mol. The van der Waals surface area contributed by atoms with E-state index in [0.717, 1.165) is 38.2 Å². The summed E-state index contributed by atoms with van der Waals surface area (Å²) in [5, 5.41) is 8.08. The second-order valence-electron chi connectivity index (χ2n) is 7.21. The minimum absolute atomic E-state index is 0.247. The Morgan fingerprint density at radius 2 is 1.85 bits per heavy atom. The van der Waals surface area contributed by atoms with Crippen LogP contribution in [0.1, 0.15) is 43.6 Å². The summed E-state index contributed by atoms with van der Waals surface area (Å²) in [7, 11) is 0. The molecule has 140 valence electrons. The Morgan fingerprint density at radius 3 is 2.54 bits per heavy atom. The van der Waals surface area contributed by atoms with Gasteiger partial charge in [0, 0.05) is 19.8 Å². The number of hydrogen-bond acceptors (Lipinski definition) is 6. The Hall–Kier alpha value is -1.92. The van der Waals surface area contributed by atoms with E-state index < -0.39 is 0 Å². The maximum absolute atomic E-state index is 5.93. The fourth-order valence-corrected chi connectivity index (χ4v) is 4.08. The number of hydrogen-bond donors (Lipinski definition) is 0. The predicted octanol–water partition coefficient (Wildman–Crippen LogP) is 3.03. The number of nitrogens with zero attached hydrogens (tertiary/aromatic N) is 3. The molecule has 6 heteroatoms. The quantitative estimate of drug-likeness (QED) is 0.710. The van der Waals surface area contributed by atoms with Crippen LogP contribution in [0.25, 0.3) is 0 Å². The van der Waals surface area contributed by atoms with Crippen LogP contribution in [0.3, 0.4) is 0 Å². The molecule has 2 saturated heterocycles. The summed E-state index contributed by atoms with van der Waals surface area (Å²) in [4.78, 5) is 2.52. The Kier molecular flexibility index (Phi) is 5.51. The maximum Gasteiger partial charge on any atom is 0.226 e. The van der Waals surface area contributed by atoms with Gasteiger partial charge >= 0.3 is 0 Å². The Bertz CT molecular complexity index is 660. The van der Waals surface area contributed by atoms with Crippen molar-refractivity contribution in [2.45, 2.75) is 37.5 Å². The summed E-state index contributed by atoms with van der Waals surface area (Å²) in [6.45, 7) is 5.80. The van der Waals surface area contributed by atoms with Gasteiger partial charge in [0.1, 0.15) is 5.75 Å². The van der Waals surface area contributed by atoms with E-state index in [9.17, 15) is 0 Å². The molecule has 1 aromatic heterocycles. The molecule has 0 radical (unpaired) electrons. The first kappa shape index (κ1) is 17.5. The van der Waals surface area contributed by atoms with Gasteiger partial charge in [0.2, 0.25) is 12.3 Å². The van der Waals surface area contributed by atoms with E-state index >= 15 is 0 Å². The van der Waals surface area contributed by atoms with Crippen molar-refractivity contribution in [3.63, 3.8) is 0 Å². The monoisotopic (exact) mass is 357 g/mol. The average molecular weight is 357 g/mol. The summed E-state index contributed by atoms with van der Waals surface area (Å²) in [6.07, 6.45) is 6.87. The molecular formula is C20H27N3O3. The molecule has 2 fully saturated rings. The molecule has 0 atom stereocenters. The van der Waals surface area contributed by atoms with Crippen molar-refractivity contribution in [3.8, 4) is 5.75 Å². The third kappa shape index (κ3) is 3.76. The molecular weight excluding hydrogens is 330 g/mol. The van der Waals surface area contributed by atoms with E-state index in [0.29, 0.717) is 19.1 Å². The molecule has 2 aliphatic heterocycles. The first-order chi connectivity index (χ1) is 12.9. The summed E-state index contributed by atoms with van der Waals surface area (Å²) >= 11 is 0. The van der Waals surface area contributed by atoms with Crippen LogP contribution >= 0.6 is 0 Å². The molecule has 0 saturated carbocycles. The lowest BCUT2D eigenvalue weighted by atomic mass is 9.74. The van der Waals surface area contributed by atoms with E-state index in [1.165, 1.54) is 37.9 Å². The van der Waals surface area contributed by atoms with Crippen LogP contribution < -0.4 is 4.74 Å². The Morgan fingerprint density at radius 1 is 1.08 bits per heavy atom. The van der Waals surface area contributed by atoms with Gasteiger partial charge in [-0.1, -0.05) is 12.1 Å². The molecule has 0 N–H and O–H groups in total. The summed E-state index contributed by atoms with van der Waals surface area (Å²) in [6, 6.07) is 8.37. The highest BCUT2D eigenvalue weighted by atomic mass is 16.5. The molecule has 4 rings (SSSR count). The zero-order chi connectivity index (χ0) is 17.7. The zero-order valence-electron chi connectivity index (χ0n) is 15.2. The molecule has 1 aromatic carbocycles. The first-order valence-corrected chi connectivity index (χ1v) is 9.67. The molecule has 0 bridgehead atoms. The van der Waals surface area contributed by atoms with E-state index in [1.807, 2.05) is 0 Å². The highest BCUT2D eigenvalue weighted by molar-refractivity contribution is 5.36. The summed E-state index contributed by atoms with van der Waals surface area (Å²) in [5.74, 6) is 1.60. The van der Waals surface area contributed by atoms with Crippen LogP contribution in [0.2, 0.25) is 0 Å². The van der Waals surface area contributed by atoms with Crippen molar-refractivity contribution in [1.29, 1.82) is 0 Å². The number of ether oxygens (including phenoxy) is 2. The molecule has 0 spiro atoms. The van der Waals surface area contributed by atoms with Crippen LogP contribution in [-0.4, -0.2) is 54.6 Å². The summed E-state index contributed by atoms with van der Waals surface area (Å²) < 4.78 is 17.1. The van der Waals surface area contributed by atoms with Crippen LogP contribution in [0.15, 0.2) is 35.1 Å². The van der Waals surface area contributed by atoms with Gasteiger partial charge in [-0.3, -0.25) is 0 Å². The molecule has 2 aliphatic rings. The van der Waals surface area contributed by atoms with Crippen molar-refractivity contribution >= 4 is 0 Å². The van der Waals surface area contributed by atoms with Crippen molar-refractivity contribution in [2.75, 3.05) is 39.5 Å². The maximum atomic E-state index is 5.93. The average Bonchev–Trinajstić information content (AvgIpc) is 3.40.